The highest BCUT2D eigenvalue weighted by Gasteiger charge is 2.12. The molecule has 0 aliphatic rings. The molecule has 1 amide bonds. The van der Waals surface area contributed by atoms with Crippen molar-refractivity contribution < 1.29 is 9.18 Å². The molecule has 4 nitrogen and oxygen atoms in total. The van der Waals surface area contributed by atoms with Gasteiger partial charge < -0.3 is 10.2 Å². The van der Waals surface area contributed by atoms with Gasteiger partial charge in [-0.1, -0.05) is 66.4 Å². The van der Waals surface area contributed by atoms with Gasteiger partial charge in [0.15, 0.2) is 5.17 Å². The van der Waals surface area contributed by atoms with E-state index in [1.807, 2.05) is 60.5 Å². The number of carbonyl (C=O) groups excluding carboxylic acids is 1. The van der Waals surface area contributed by atoms with Crippen molar-refractivity contribution in [3.8, 4) is 0 Å². The first-order valence-corrected chi connectivity index (χ1v) is 10.2. The molecule has 0 unspecified atom stereocenters. The lowest BCUT2D eigenvalue weighted by molar-refractivity contribution is -0.113. The third kappa shape index (κ3) is 6.76. The third-order valence-corrected chi connectivity index (χ3v) is 5.08. The molecule has 0 aliphatic heterocycles. The van der Waals surface area contributed by atoms with Crippen molar-refractivity contribution in [1.29, 1.82) is 0 Å². The van der Waals surface area contributed by atoms with E-state index in [4.69, 9.17) is 4.99 Å². The van der Waals surface area contributed by atoms with Crippen molar-refractivity contribution in [2.24, 2.45) is 4.99 Å². The van der Waals surface area contributed by atoms with E-state index in [1.165, 1.54) is 23.9 Å². The van der Waals surface area contributed by atoms with Crippen LogP contribution < -0.4 is 5.32 Å². The summed E-state index contributed by atoms with van der Waals surface area (Å²) in [7, 11) is 1.95. The lowest BCUT2D eigenvalue weighted by Gasteiger charge is -2.21. The Balaban J connectivity index is 1.69. The number of nitrogens with zero attached hydrogens (tertiary/aromatic N) is 2. The Hall–Kier alpha value is -3.12. The van der Waals surface area contributed by atoms with Crippen LogP contribution in [-0.2, 0) is 11.3 Å². The Kier molecular flexibility index (Phi) is 7.41. The van der Waals surface area contributed by atoms with Gasteiger partial charge in [0.25, 0.3) is 0 Å². The zero-order chi connectivity index (χ0) is 20.5. The van der Waals surface area contributed by atoms with Crippen molar-refractivity contribution in [3.05, 3.63) is 96.3 Å². The van der Waals surface area contributed by atoms with E-state index in [0.29, 0.717) is 12.2 Å². The molecule has 0 spiro atoms. The second kappa shape index (κ2) is 10.4. The molecule has 0 fully saturated rings. The number of carbonyl (C=O) groups is 1. The van der Waals surface area contributed by atoms with Crippen molar-refractivity contribution in [1.82, 2.24) is 4.90 Å². The Morgan fingerprint density at radius 3 is 2.38 bits per heavy atom. The molecule has 3 rings (SSSR count). The quantitative estimate of drug-likeness (QED) is 0.444. The van der Waals surface area contributed by atoms with Gasteiger partial charge in [0.2, 0.25) is 5.91 Å². The number of anilines is 1. The number of hydrogen-bond acceptors (Lipinski definition) is 3. The van der Waals surface area contributed by atoms with Gasteiger partial charge in [-0.05, 0) is 35.9 Å². The summed E-state index contributed by atoms with van der Waals surface area (Å²) in [6.07, 6.45) is 0. The molecule has 29 heavy (non-hydrogen) atoms. The number of halogens is 1. The Bertz CT molecular complexity index is 964. The predicted molar refractivity (Wildman–Crippen MR) is 119 cm³/mol. The van der Waals surface area contributed by atoms with Crippen LogP contribution in [0.5, 0.6) is 0 Å². The van der Waals surface area contributed by atoms with E-state index in [2.05, 4.69) is 17.4 Å². The lowest BCUT2D eigenvalue weighted by atomic mass is 10.2. The monoisotopic (exact) mass is 407 g/mol. The molecule has 0 saturated heterocycles. The molecule has 0 saturated carbocycles. The van der Waals surface area contributed by atoms with Crippen LogP contribution in [0.3, 0.4) is 0 Å². The second-order valence-corrected chi connectivity index (χ2v) is 7.36. The summed E-state index contributed by atoms with van der Waals surface area (Å²) in [5, 5.41) is 3.45. The van der Waals surface area contributed by atoms with Crippen molar-refractivity contribution in [3.63, 3.8) is 0 Å². The lowest BCUT2D eigenvalue weighted by Crippen LogP contribution is -2.26. The maximum absolute atomic E-state index is 13.3. The molecule has 3 aromatic carbocycles. The minimum Gasteiger partial charge on any atom is -0.350 e. The highest BCUT2D eigenvalue weighted by molar-refractivity contribution is 8.14. The van der Waals surface area contributed by atoms with Gasteiger partial charge >= 0.3 is 0 Å². The molecule has 148 valence electrons. The first-order valence-electron chi connectivity index (χ1n) is 9.17. The van der Waals surface area contributed by atoms with Crippen LogP contribution >= 0.6 is 11.8 Å². The van der Waals surface area contributed by atoms with Crippen LogP contribution in [0.2, 0.25) is 0 Å². The molecule has 0 atom stereocenters. The summed E-state index contributed by atoms with van der Waals surface area (Å²) in [5.41, 5.74) is 2.41. The van der Waals surface area contributed by atoms with Gasteiger partial charge in [-0.2, -0.15) is 0 Å². The Morgan fingerprint density at radius 2 is 1.69 bits per heavy atom. The Morgan fingerprint density at radius 1 is 1.00 bits per heavy atom. The van der Waals surface area contributed by atoms with E-state index in [1.54, 1.807) is 12.1 Å². The molecule has 0 bridgehead atoms. The van der Waals surface area contributed by atoms with Gasteiger partial charge in [-0.3, -0.25) is 4.79 Å². The number of benzene rings is 3. The number of para-hydroxylation sites is 1. The van der Waals surface area contributed by atoms with E-state index >= 15 is 0 Å². The molecule has 0 aliphatic carbocycles. The predicted octanol–water partition coefficient (Wildman–Crippen LogP) is 5.32. The third-order valence-electron chi connectivity index (χ3n) is 4.01. The Labute approximate surface area is 174 Å². The smallest absolute Gasteiger partial charge is 0.234 e. The zero-order valence-electron chi connectivity index (χ0n) is 16.1. The van der Waals surface area contributed by atoms with E-state index in [-0.39, 0.29) is 17.5 Å². The molecule has 0 radical (unpaired) electrons. The molecular formula is C23H22FN3OS. The maximum Gasteiger partial charge on any atom is 0.234 e. The van der Waals surface area contributed by atoms with Crippen LogP contribution in [-0.4, -0.2) is 28.8 Å². The normalized spacial score (nSPS) is 11.2. The summed E-state index contributed by atoms with van der Waals surface area (Å²) in [6, 6.07) is 25.6. The zero-order valence-corrected chi connectivity index (χ0v) is 16.9. The topological polar surface area (TPSA) is 44.7 Å². The van der Waals surface area contributed by atoms with Crippen LogP contribution in [0.1, 0.15) is 5.56 Å². The molecule has 6 heteroatoms. The molecule has 0 heterocycles. The van der Waals surface area contributed by atoms with Gasteiger partial charge in [-0.25, -0.2) is 9.38 Å². The fraction of sp³-hybridized carbons (Fsp3) is 0.130. The minimum atomic E-state index is -0.385. The van der Waals surface area contributed by atoms with Gasteiger partial charge in [0, 0.05) is 19.3 Å². The summed E-state index contributed by atoms with van der Waals surface area (Å²) >= 11 is 1.35. The van der Waals surface area contributed by atoms with Crippen molar-refractivity contribution in [2.75, 3.05) is 18.1 Å². The second-order valence-electron chi connectivity index (χ2n) is 6.42. The number of thioether (sulfide) groups is 1. The fourth-order valence-electron chi connectivity index (χ4n) is 2.66. The number of aliphatic imine (C=N–C) groups is 1. The summed E-state index contributed by atoms with van der Waals surface area (Å²) in [4.78, 5) is 19.1. The van der Waals surface area contributed by atoms with Crippen LogP contribution in [0.15, 0.2) is 89.9 Å². The van der Waals surface area contributed by atoms with Gasteiger partial charge in [0.1, 0.15) is 5.82 Å². The molecule has 0 aromatic heterocycles. The van der Waals surface area contributed by atoms with Crippen molar-refractivity contribution in [2.45, 2.75) is 6.54 Å². The average molecular weight is 408 g/mol. The number of hydrogen-bond donors (Lipinski definition) is 1. The molecule has 3 aromatic rings. The number of amidine groups is 1. The highest BCUT2D eigenvalue weighted by atomic mass is 32.2. The van der Waals surface area contributed by atoms with E-state index < -0.39 is 0 Å². The van der Waals surface area contributed by atoms with Crippen LogP contribution in [0.25, 0.3) is 0 Å². The highest BCUT2D eigenvalue weighted by Crippen LogP contribution is 2.19. The number of nitrogens with one attached hydrogen (secondary N) is 1. The van der Waals surface area contributed by atoms with Gasteiger partial charge in [-0.15, -0.1) is 0 Å². The number of rotatable bonds is 6. The minimum absolute atomic E-state index is 0.168. The number of amides is 1. The largest absolute Gasteiger partial charge is 0.350 e. The first-order chi connectivity index (χ1) is 14.1. The van der Waals surface area contributed by atoms with Gasteiger partial charge in [0.05, 0.1) is 11.4 Å². The SMILES string of the molecule is CN(Cc1ccccc1)C(=Nc1ccccc1)SCC(=O)Nc1cccc(F)c1. The van der Waals surface area contributed by atoms with Crippen molar-refractivity contribution >= 4 is 34.2 Å². The van der Waals surface area contributed by atoms with Crippen LogP contribution in [0.4, 0.5) is 15.8 Å². The van der Waals surface area contributed by atoms with E-state index in [0.717, 1.165) is 16.4 Å². The van der Waals surface area contributed by atoms with E-state index in [9.17, 15) is 9.18 Å². The first kappa shape index (κ1) is 20.6. The maximum atomic E-state index is 13.3. The standard InChI is InChI=1S/C23H22FN3OS/c1-27(16-18-9-4-2-5-10-18)23(26-20-12-6-3-7-13-20)29-17-22(28)25-21-14-8-11-19(24)15-21/h2-15H,16-17H2,1H3,(H,25,28). The molecule has 1 N–H and O–H groups in total. The van der Waals surface area contributed by atoms with Crippen LogP contribution in [0, 0.1) is 5.82 Å². The average Bonchev–Trinajstić information content (AvgIpc) is 2.72. The molecular weight excluding hydrogens is 385 g/mol. The fourth-order valence-corrected chi connectivity index (χ4v) is 3.45. The summed E-state index contributed by atoms with van der Waals surface area (Å²) in [6.45, 7) is 0.672. The summed E-state index contributed by atoms with van der Waals surface area (Å²) in [5.74, 6) is -0.430. The summed E-state index contributed by atoms with van der Waals surface area (Å²) < 4.78 is 13.3.